The van der Waals surface area contributed by atoms with Gasteiger partial charge >= 0.3 is 16.5 Å². The molecule has 0 aromatic heterocycles. The fraction of sp³-hybridized carbons (Fsp3) is 0.400. The van der Waals surface area contributed by atoms with E-state index in [0.717, 1.165) is 12.2 Å². The van der Waals surface area contributed by atoms with Gasteiger partial charge in [0.25, 0.3) is 0 Å². The molecule has 0 amide bonds. The predicted octanol–water partition coefficient (Wildman–Crippen LogP) is -2.99. The number of hydrogen-bond acceptors (Lipinski definition) is 4. The molecule has 0 radical (unpaired) electrons. The van der Waals surface area contributed by atoms with E-state index in [1.54, 1.807) is 0 Å². The maximum Gasteiger partial charge on any atom is 2.00 e. The van der Waals surface area contributed by atoms with Crippen LogP contribution in [0.25, 0.3) is 0 Å². The number of carbonyl (C=O) groups excluding carboxylic acids is 2. The number of hydrogen-bond donors (Lipinski definition) is 0. The topological polar surface area (TPSA) is 178 Å². The van der Waals surface area contributed by atoms with Crippen molar-refractivity contribution in [3.8, 4) is 0 Å². The molecule has 7 nitrogen and oxygen atoms in total. The normalized spacial score (nSPS) is 8.89. The van der Waals surface area contributed by atoms with Gasteiger partial charge in [0, 0.05) is 0 Å². The molecule has 8 N–H and O–H groups in total. The van der Waals surface area contributed by atoms with Gasteiger partial charge in [-0.2, -0.15) is 0 Å². The molecular formula is C10H22NiO7+2. The predicted molar refractivity (Wildman–Crippen MR) is 62.2 cm³/mol. The molecule has 0 bridgehead atoms. The molecule has 0 aliphatic carbocycles. The quantitative estimate of drug-likeness (QED) is 0.228. The first-order chi connectivity index (χ1) is 6.25. The molecule has 0 rings (SSSR count). The molecule has 0 heterocycles. The molecule has 0 saturated heterocycles. The summed E-state index contributed by atoms with van der Waals surface area (Å²) in [6.07, 6.45) is 2.11. The Hall–Kier alpha value is -1.21. The van der Waals surface area contributed by atoms with Gasteiger partial charge in [0.1, 0.15) is 0 Å². The van der Waals surface area contributed by atoms with Crippen molar-refractivity contribution in [3.63, 3.8) is 0 Å². The van der Waals surface area contributed by atoms with Crippen LogP contribution in [0, 0.1) is 0 Å². The maximum atomic E-state index is 9.98. The monoisotopic (exact) mass is 312 g/mol. The van der Waals surface area contributed by atoms with Crippen LogP contribution >= 0.6 is 0 Å². The summed E-state index contributed by atoms with van der Waals surface area (Å²) in [5.74, 6) is -0.750. The van der Waals surface area contributed by atoms with Gasteiger partial charge in [-0.15, -0.1) is 11.5 Å². The second-order valence-electron chi connectivity index (χ2n) is 2.73. The smallest absolute Gasteiger partial charge is 0.876 e. The molecule has 112 valence electrons. The van der Waals surface area contributed by atoms with Crippen molar-refractivity contribution in [2.24, 2.45) is 0 Å². The number of ketones is 2. The first-order valence-electron chi connectivity index (χ1n) is 3.97. The van der Waals surface area contributed by atoms with Gasteiger partial charge in [-0.1, -0.05) is 13.8 Å². The molecule has 0 aliphatic heterocycles. The zero-order chi connectivity index (χ0) is 11.7. The van der Waals surface area contributed by atoms with E-state index in [2.05, 4.69) is 0 Å². The van der Waals surface area contributed by atoms with Gasteiger partial charge in [-0.25, -0.2) is 0 Å². The zero-order valence-electron chi connectivity index (χ0n) is 10.8. The Balaban J connectivity index is -0.0000000327. The third-order valence-corrected chi connectivity index (χ3v) is 0.813. The third kappa shape index (κ3) is 61.0. The second-order valence-corrected chi connectivity index (χ2v) is 2.73. The van der Waals surface area contributed by atoms with E-state index in [4.69, 9.17) is 0 Å². The van der Waals surface area contributed by atoms with E-state index >= 15 is 0 Å². The fourth-order valence-electron chi connectivity index (χ4n) is 0.572. The molecular weight excluding hydrogens is 291 g/mol. The molecule has 0 aromatic rings. The summed E-state index contributed by atoms with van der Waals surface area (Å²) in [6, 6.07) is 0. The van der Waals surface area contributed by atoms with Gasteiger partial charge in [0.15, 0.2) is 11.6 Å². The van der Waals surface area contributed by atoms with Gasteiger partial charge in [-0.05, 0) is 26.0 Å². The third-order valence-electron chi connectivity index (χ3n) is 0.813. The Morgan fingerprint density at radius 1 is 0.778 bits per heavy atom. The minimum absolute atomic E-state index is 0. The molecule has 0 aliphatic rings. The van der Waals surface area contributed by atoms with Crippen LogP contribution in [0.1, 0.15) is 27.7 Å². The van der Waals surface area contributed by atoms with Crippen LogP contribution in [-0.2, 0) is 37.0 Å². The van der Waals surface area contributed by atoms with E-state index in [9.17, 15) is 19.8 Å². The standard InChI is InChI=1S/2C5H8O2.Ni.3H2O/c2*1-4(6)3-5(2)7;;;;/h2*3,6H,1-2H3;;3*1H2/q;;+2;;;/b2*4-3-;;;;. The number of allylic oxidation sites excluding steroid dienone is 4. The summed E-state index contributed by atoms with van der Waals surface area (Å²) in [6.45, 7) is 5.39. The maximum absolute atomic E-state index is 9.98. The second kappa shape index (κ2) is 21.1. The Kier molecular flexibility index (Phi) is 42.2. The van der Waals surface area contributed by atoms with E-state index in [1.165, 1.54) is 27.7 Å². The molecule has 0 atom stereocenters. The van der Waals surface area contributed by atoms with E-state index in [0.29, 0.717) is 0 Å². The number of rotatable bonds is 2. The van der Waals surface area contributed by atoms with Crippen LogP contribution in [-0.4, -0.2) is 17.0 Å². The molecule has 0 aromatic carbocycles. The molecule has 0 fully saturated rings. The van der Waals surface area contributed by atoms with Gasteiger partial charge < -0.3 is 26.6 Å². The molecule has 18 heavy (non-hydrogen) atoms. The van der Waals surface area contributed by atoms with E-state index < -0.39 is 0 Å². The Labute approximate surface area is 116 Å². The molecule has 0 spiro atoms. The Bertz CT molecular complexity index is 235. The van der Waals surface area contributed by atoms with E-state index in [1.807, 2.05) is 0 Å². The first kappa shape index (κ1) is 36.0. The van der Waals surface area contributed by atoms with Crippen molar-refractivity contribution in [1.82, 2.24) is 0 Å². The molecule has 0 saturated carbocycles. The minimum Gasteiger partial charge on any atom is -0.876 e. The van der Waals surface area contributed by atoms with Crippen LogP contribution in [0.4, 0.5) is 0 Å². The first-order valence-corrected chi connectivity index (χ1v) is 3.97. The zero-order valence-corrected chi connectivity index (χ0v) is 11.7. The number of carbonyl (C=O) groups is 2. The van der Waals surface area contributed by atoms with Gasteiger partial charge in [-0.3, -0.25) is 9.59 Å². The van der Waals surface area contributed by atoms with Gasteiger partial charge in [0.05, 0.1) is 0 Å². The van der Waals surface area contributed by atoms with Crippen molar-refractivity contribution in [3.05, 3.63) is 23.7 Å². The fourth-order valence-corrected chi connectivity index (χ4v) is 0.572. The van der Waals surface area contributed by atoms with Crippen molar-refractivity contribution in [2.75, 3.05) is 0 Å². The largest absolute Gasteiger partial charge is 2.00 e. The van der Waals surface area contributed by atoms with Gasteiger partial charge in [0.2, 0.25) is 0 Å². The molecule has 8 heteroatoms. The summed E-state index contributed by atoms with van der Waals surface area (Å²) in [5, 5.41) is 20.0. The van der Waals surface area contributed by atoms with Crippen LogP contribution in [0.3, 0.4) is 0 Å². The summed E-state index contributed by atoms with van der Waals surface area (Å²) in [5.41, 5.74) is 0. The molecule has 0 unspecified atom stereocenters. The summed E-state index contributed by atoms with van der Waals surface area (Å²) in [4.78, 5) is 20.0. The Morgan fingerprint density at radius 2 is 0.944 bits per heavy atom. The van der Waals surface area contributed by atoms with Crippen LogP contribution in [0.2, 0.25) is 0 Å². The average Bonchev–Trinajstić information content (AvgIpc) is 1.79. The van der Waals surface area contributed by atoms with Crippen molar-refractivity contribution < 1.29 is 52.7 Å². The average molecular weight is 313 g/mol. The van der Waals surface area contributed by atoms with Crippen molar-refractivity contribution in [2.45, 2.75) is 27.7 Å². The van der Waals surface area contributed by atoms with E-state index in [-0.39, 0.29) is 56.0 Å². The van der Waals surface area contributed by atoms with Crippen LogP contribution in [0.5, 0.6) is 0 Å². The van der Waals surface area contributed by atoms with Crippen molar-refractivity contribution >= 4 is 11.6 Å². The minimum atomic E-state index is -0.187. The van der Waals surface area contributed by atoms with Crippen LogP contribution in [0.15, 0.2) is 23.7 Å². The van der Waals surface area contributed by atoms with Crippen LogP contribution < -0.4 is 10.2 Å². The summed E-state index contributed by atoms with van der Waals surface area (Å²) in [7, 11) is 0. The Morgan fingerprint density at radius 3 is 0.944 bits per heavy atom. The SMILES string of the molecule is CC(=O)/C=C(/C)[O-].CC(=O)/C=C(/C)[O-].O.[Ni+2].[OH3+].[OH3+]. The summed E-state index contributed by atoms with van der Waals surface area (Å²) >= 11 is 0. The summed E-state index contributed by atoms with van der Waals surface area (Å²) < 4.78 is 0. The van der Waals surface area contributed by atoms with Crippen molar-refractivity contribution in [1.29, 1.82) is 0 Å².